The standard InChI is InChI=1S/C25H23N5OS/c1-16-27-24(23-21(15-32-25(23)28-16)17-5-3-2-4-6-17)29-19-7-8-22(18(13-19)14-26)30-11-9-20(31)10-12-30/h2-8,13,15,20,31H,9-12H2,1H3,(H,27,28,29). The van der Waals surface area contributed by atoms with Crippen LogP contribution in [0.3, 0.4) is 0 Å². The number of nitriles is 1. The van der Waals surface area contributed by atoms with E-state index in [4.69, 9.17) is 4.98 Å². The van der Waals surface area contributed by atoms with E-state index in [0.717, 1.165) is 64.5 Å². The number of hydrogen-bond donors (Lipinski definition) is 2. The zero-order valence-electron chi connectivity index (χ0n) is 17.7. The number of aryl methyl sites for hydroxylation is 1. The van der Waals surface area contributed by atoms with Crippen molar-refractivity contribution in [3.63, 3.8) is 0 Å². The number of anilines is 3. The third kappa shape index (κ3) is 3.91. The van der Waals surface area contributed by atoms with E-state index in [2.05, 4.69) is 38.8 Å². The third-order valence-electron chi connectivity index (χ3n) is 5.82. The molecular formula is C25H23N5OS. The Morgan fingerprint density at radius 1 is 1.12 bits per heavy atom. The van der Waals surface area contributed by atoms with Crippen LogP contribution < -0.4 is 10.2 Å². The molecule has 0 amide bonds. The van der Waals surface area contributed by atoms with E-state index in [1.54, 1.807) is 11.3 Å². The minimum atomic E-state index is -0.245. The lowest BCUT2D eigenvalue weighted by Gasteiger charge is -2.32. The molecule has 160 valence electrons. The fourth-order valence-electron chi connectivity index (χ4n) is 4.19. The molecule has 2 N–H and O–H groups in total. The smallest absolute Gasteiger partial charge is 0.143 e. The summed E-state index contributed by atoms with van der Waals surface area (Å²) >= 11 is 1.61. The van der Waals surface area contributed by atoms with Crippen LogP contribution in [0.15, 0.2) is 53.9 Å². The molecule has 1 aliphatic heterocycles. The van der Waals surface area contributed by atoms with E-state index >= 15 is 0 Å². The highest BCUT2D eigenvalue weighted by Crippen LogP contribution is 2.38. The quantitative estimate of drug-likeness (QED) is 0.450. The summed E-state index contributed by atoms with van der Waals surface area (Å²) in [6.07, 6.45) is 1.21. The molecule has 5 rings (SSSR count). The van der Waals surface area contributed by atoms with Gasteiger partial charge in [-0.3, -0.25) is 0 Å². The molecule has 32 heavy (non-hydrogen) atoms. The van der Waals surface area contributed by atoms with Crippen molar-refractivity contribution in [1.29, 1.82) is 5.26 Å². The fraction of sp³-hybridized carbons (Fsp3) is 0.240. The van der Waals surface area contributed by atoms with Gasteiger partial charge in [0.25, 0.3) is 0 Å². The van der Waals surface area contributed by atoms with Crippen molar-refractivity contribution in [2.75, 3.05) is 23.3 Å². The number of benzene rings is 2. The van der Waals surface area contributed by atoms with Crippen molar-refractivity contribution in [2.24, 2.45) is 0 Å². The van der Waals surface area contributed by atoms with Crippen LogP contribution in [0.4, 0.5) is 17.2 Å². The maximum atomic E-state index is 9.79. The molecule has 0 saturated carbocycles. The van der Waals surface area contributed by atoms with Gasteiger partial charge in [-0.25, -0.2) is 9.97 Å². The lowest BCUT2D eigenvalue weighted by Crippen LogP contribution is -2.36. The minimum Gasteiger partial charge on any atom is -0.393 e. The second-order valence-corrected chi connectivity index (χ2v) is 8.86. The molecule has 2 aromatic heterocycles. The average molecular weight is 442 g/mol. The van der Waals surface area contributed by atoms with Crippen LogP contribution in [0.1, 0.15) is 24.2 Å². The van der Waals surface area contributed by atoms with Crippen LogP contribution in [0.25, 0.3) is 21.3 Å². The van der Waals surface area contributed by atoms with Gasteiger partial charge in [0.2, 0.25) is 0 Å². The predicted molar refractivity (Wildman–Crippen MR) is 129 cm³/mol. The van der Waals surface area contributed by atoms with Gasteiger partial charge in [0, 0.05) is 29.7 Å². The summed E-state index contributed by atoms with van der Waals surface area (Å²) in [6.45, 7) is 3.40. The molecule has 0 radical (unpaired) electrons. The van der Waals surface area contributed by atoms with Gasteiger partial charge in [-0.1, -0.05) is 30.3 Å². The van der Waals surface area contributed by atoms with E-state index in [0.29, 0.717) is 11.4 Å². The Balaban J connectivity index is 1.52. The van der Waals surface area contributed by atoms with Crippen molar-refractivity contribution < 1.29 is 5.11 Å². The molecule has 4 aromatic rings. The number of nitrogens with zero attached hydrogens (tertiary/aromatic N) is 4. The van der Waals surface area contributed by atoms with Crippen molar-refractivity contribution in [1.82, 2.24) is 9.97 Å². The minimum absolute atomic E-state index is 0.245. The van der Waals surface area contributed by atoms with Crippen LogP contribution in [-0.2, 0) is 0 Å². The molecule has 2 aromatic carbocycles. The molecule has 1 aliphatic rings. The van der Waals surface area contributed by atoms with Gasteiger partial charge < -0.3 is 15.3 Å². The van der Waals surface area contributed by atoms with Crippen LogP contribution in [0, 0.1) is 18.3 Å². The summed E-state index contributed by atoms with van der Waals surface area (Å²) in [5.41, 5.74) is 4.55. The van der Waals surface area contributed by atoms with Crippen molar-refractivity contribution in [3.05, 3.63) is 65.3 Å². The highest BCUT2D eigenvalue weighted by molar-refractivity contribution is 7.17. The zero-order chi connectivity index (χ0) is 22.1. The van der Waals surface area contributed by atoms with Gasteiger partial charge in [-0.15, -0.1) is 11.3 Å². The second-order valence-electron chi connectivity index (χ2n) is 8.00. The first-order valence-corrected chi connectivity index (χ1v) is 11.6. The second kappa shape index (κ2) is 8.58. The number of aliphatic hydroxyl groups is 1. The summed E-state index contributed by atoms with van der Waals surface area (Å²) in [7, 11) is 0. The average Bonchev–Trinajstić information content (AvgIpc) is 3.24. The topological polar surface area (TPSA) is 85.1 Å². The van der Waals surface area contributed by atoms with Crippen molar-refractivity contribution in [3.8, 4) is 17.2 Å². The number of aromatic nitrogens is 2. The van der Waals surface area contributed by atoms with Crippen LogP contribution in [0.2, 0.25) is 0 Å². The van der Waals surface area contributed by atoms with Gasteiger partial charge in [0.15, 0.2) is 0 Å². The zero-order valence-corrected chi connectivity index (χ0v) is 18.6. The Morgan fingerprint density at radius 2 is 1.91 bits per heavy atom. The number of piperidine rings is 1. The fourth-order valence-corrected chi connectivity index (χ4v) is 5.18. The Kier molecular flexibility index (Phi) is 5.48. The molecule has 1 fully saturated rings. The van der Waals surface area contributed by atoms with E-state index in [9.17, 15) is 10.4 Å². The van der Waals surface area contributed by atoms with Gasteiger partial charge in [0.05, 0.1) is 22.7 Å². The van der Waals surface area contributed by atoms with E-state index < -0.39 is 0 Å². The summed E-state index contributed by atoms with van der Waals surface area (Å²) in [4.78, 5) is 12.4. The Bertz CT molecular complexity index is 1300. The molecule has 7 heteroatoms. The Morgan fingerprint density at radius 3 is 2.66 bits per heavy atom. The highest BCUT2D eigenvalue weighted by Gasteiger charge is 2.20. The molecule has 0 bridgehead atoms. The molecule has 3 heterocycles. The first-order chi connectivity index (χ1) is 15.6. The Labute approximate surface area is 190 Å². The lowest BCUT2D eigenvalue weighted by molar-refractivity contribution is 0.145. The van der Waals surface area contributed by atoms with Crippen molar-refractivity contribution >= 4 is 38.7 Å². The number of aliphatic hydroxyl groups excluding tert-OH is 1. The molecule has 0 unspecified atom stereocenters. The van der Waals surface area contributed by atoms with Gasteiger partial charge >= 0.3 is 0 Å². The highest BCUT2D eigenvalue weighted by atomic mass is 32.1. The summed E-state index contributed by atoms with van der Waals surface area (Å²) in [5.74, 6) is 1.44. The maximum Gasteiger partial charge on any atom is 0.143 e. The van der Waals surface area contributed by atoms with Crippen LogP contribution in [-0.4, -0.2) is 34.3 Å². The summed E-state index contributed by atoms with van der Waals surface area (Å²) < 4.78 is 0. The van der Waals surface area contributed by atoms with Gasteiger partial charge in [0.1, 0.15) is 22.5 Å². The SMILES string of the molecule is Cc1nc(Nc2ccc(N3CCC(O)CC3)c(C#N)c2)c2c(-c3ccccc3)csc2n1. The first-order valence-electron chi connectivity index (χ1n) is 10.7. The number of hydrogen-bond acceptors (Lipinski definition) is 7. The van der Waals surface area contributed by atoms with Crippen molar-refractivity contribution in [2.45, 2.75) is 25.9 Å². The van der Waals surface area contributed by atoms with E-state index in [1.165, 1.54) is 0 Å². The molecule has 0 aliphatic carbocycles. The lowest BCUT2D eigenvalue weighted by atomic mass is 10.0. The first kappa shape index (κ1) is 20.4. The number of rotatable bonds is 4. The predicted octanol–water partition coefficient (Wildman–Crippen LogP) is 5.24. The number of fused-ring (bicyclic) bond motifs is 1. The Hall–Kier alpha value is -3.47. The normalized spacial score (nSPS) is 14.5. The monoisotopic (exact) mass is 441 g/mol. The van der Waals surface area contributed by atoms with Gasteiger partial charge in [-0.2, -0.15) is 5.26 Å². The molecule has 0 spiro atoms. The third-order valence-corrected chi connectivity index (χ3v) is 6.69. The van der Waals surface area contributed by atoms with E-state index in [-0.39, 0.29) is 6.10 Å². The molecule has 1 saturated heterocycles. The molecular weight excluding hydrogens is 418 g/mol. The summed E-state index contributed by atoms with van der Waals surface area (Å²) in [5, 5.41) is 26.1. The molecule has 6 nitrogen and oxygen atoms in total. The largest absolute Gasteiger partial charge is 0.393 e. The molecule has 0 atom stereocenters. The van der Waals surface area contributed by atoms with Gasteiger partial charge in [-0.05, 0) is 43.5 Å². The number of nitrogens with one attached hydrogen (secondary N) is 1. The van der Waals surface area contributed by atoms with Crippen LogP contribution >= 0.6 is 11.3 Å². The summed E-state index contributed by atoms with van der Waals surface area (Å²) in [6, 6.07) is 18.4. The number of thiophene rings is 1. The van der Waals surface area contributed by atoms with Crippen LogP contribution in [0.5, 0.6) is 0 Å². The maximum absolute atomic E-state index is 9.79. The van der Waals surface area contributed by atoms with E-state index in [1.807, 2.05) is 43.3 Å².